The molecule has 0 bridgehead atoms. The predicted molar refractivity (Wildman–Crippen MR) is 76.6 cm³/mol. The summed E-state index contributed by atoms with van der Waals surface area (Å²) in [5, 5.41) is 0. The fourth-order valence-electron chi connectivity index (χ4n) is 2.22. The van der Waals surface area contributed by atoms with Crippen LogP contribution in [0.5, 0.6) is 11.5 Å². The highest BCUT2D eigenvalue weighted by Crippen LogP contribution is 2.31. The van der Waals surface area contributed by atoms with Gasteiger partial charge in [-0.1, -0.05) is 6.07 Å². The normalized spacial score (nSPS) is 13.7. The van der Waals surface area contributed by atoms with Gasteiger partial charge in [0, 0.05) is 19.8 Å². The van der Waals surface area contributed by atoms with E-state index in [2.05, 4.69) is 9.97 Å². The Bertz CT molecular complexity index is 707. The molecular weight excluding hydrogens is 311 g/mol. The SMILES string of the molecule is CN(Cc1ccc2c(c1)OCCO2)c1nccc(C(F)(F)F)n1. The molecular formula is C15H14F3N3O2. The lowest BCUT2D eigenvalue weighted by Gasteiger charge is -2.21. The average molecular weight is 325 g/mol. The second kappa shape index (κ2) is 5.94. The Morgan fingerprint density at radius 1 is 1.13 bits per heavy atom. The summed E-state index contributed by atoms with van der Waals surface area (Å²) < 4.78 is 49.0. The Balaban J connectivity index is 1.78. The molecule has 8 heteroatoms. The molecule has 0 N–H and O–H groups in total. The summed E-state index contributed by atoms with van der Waals surface area (Å²) in [7, 11) is 1.63. The molecule has 1 aliphatic heterocycles. The smallest absolute Gasteiger partial charge is 0.433 e. The number of ether oxygens (including phenoxy) is 2. The average Bonchev–Trinajstić information content (AvgIpc) is 2.54. The van der Waals surface area contributed by atoms with E-state index >= 15 is 0 Å². The summed E-state index contributed by atoms with van der Waals surface area (Å²) in [6.07, 6.45) is -3.39. The van der Waals surface area contributed by atoms with E-state index in [9.17, 15) is 13.2 Å². The van der Waals surface area contributed by atoms with Gasteiger partial charge in [-0.05, 0) is 23.8 Å². The maximum Gasteiger partial charge on any atom is 0.433 e. The number of aromatic nitrogens is 2. The molecule has 0 saturated heterocycles. The van der Waals surface area contributed by atoms with Gasteiger partial charge in [0.1, 0.15) is 18.9 Å². The minimum absolute atomic E-state index is 0.00899. The predicted octanol–water partition coefficient (Wildman–Crippen LogP) is 2.90. The molecule has 0 amide bonds. The van der Waals surface area contributed by atoms with Crippen LogP contribution >= 0.6 is 0 Å². The van der Waals surface area contributed by atoms with Crippen molar-refractivity contribution >= 4 is 5.95 Å². The molecule has 1 aromatic heterocycles. The minimum Gasteiger partial charge on any atom is -0.486 e. The zero-order chi connectivity index (χ0) is 16.4. The summed E-state index contributed by atoms with van der Waals surface area (Å²) in [5.41, 5.74) is -0.103. The maximum atomic E-state index is 12.7. The van der Waals surface area contributed by atoms with Crippen LogP contribution in [0.1, 0.15) is 11.3 Å². The third kappa shape index (κ3) is 3.46. The second-order valence-electron chi connectivity index (χ2n) is 5.07. The van der Waals surface area contributed by atoms with Gasteiger partial charge in [0.25, 0.3) is 0 Å². The van der Waals surface area contributed by atoms with Gasteiger partial charge in [-0.15, -0.1) is 0 Å². The zero-order valence-corrected chi connectivity index (χ0v) is 12.3. The summed E-state index contributed by atoms with van der Waals surface area (Å²) in [5.74, 6) is 1.31. The lowest BCUT2D eigenvalue weighted by Crippen LogP contribution is -2.21. The van der Waals surface area contributed by atoms with Crippen molar-refractivity contribution in [1.29, 1.82) is 0 Å². The van der Waals surface area contributed by atoms with Crippen molar-refractivity contribution < 1.29 is 22.6 Å². The highest BCUT2D eigenvalue weighted by molar-refractivity contribution is 5.45. The fourth-order valence-corrected chi connectivity index (χ4v) is 2.22. The number of hydrogen-bond donors (Lipinski definition) is 0. The number of halogens is 3. The number of alkyl halides is 3. The molecule has 5 nitrogen and oxygen atoms in total. The van der Waals surface area contributed by atoms with Crippen LogP contribution in [0, 0.1) is 0 Å². The van der Waals surface area contributed by atoms with Gasteiger partial charge in [0.2, 0.25) is 5.95 Å². The summed E-state index contributed by atoms with van der Waals surface area (Å²) in [6, 6.07) is 6.27. The van der Waals surface area contributed by atoms with Crippen LogP contribution < -0.4 is 14.4 Å². The second-order valence-corrected chi connectivity index (χ2v) is 5.07. The number of anilines is 1. The van der Waals surface area contributed by atoms with Gasteiger partial charge < -0.3 is 14.4 Å². The lowest BCUT2D eigenvalue weighted by atomic mass is 10.2. The molecule has 0 aliphatic carbocycles. The third-order valence-corrected chi connectivity index (χ3v) is 3.30. The van der Waals surface area contributed by atoms with Crippen molar-refractivity contribution in [3.8, 4) is 11.5 Å². The summed E-state index contributed by atoms with van der Waals surface area (Å²) >= 11 is 0. The van der Waals surface area contributed by atoms with Gasteiger partial charge in [-0.3, -0.25) is 0 Å². The highest BCUT2D eigenvalue weighted by atomic mass is 19.4. The van der Waals surface area contributed by atoms with Gasteiger partial charge >= 0.3 is 6.18 Å². The Morgan fingerprint density at radius 2 is 1.87 bits per heavy atom. The van der Waals surface area contributed by atoms with Crippen molar-refractivity contribution in [2.75, 3.05) is 25.2 Å². The molecule has 0 atom stereocenters. The first-order chi connectivity index (χ1) is 10.9. The van der Waals surface area contributed by atoms with Gasteiger partial charge in [-0.25, -0.2) is 9.97 Å². The molecule has 3 rings (SSSR count). The van der Waals surface area contributed by atoms with Crippen molar-refractivity contribution in [3.05, 3.63) is 41.7 Å². The first-order valence-corrected chi connectivity index (χ1v) is 6.93. The molecule has 0 unspecified atom stereocenters. The number of rotatable bonds is 3. The van der Waals surface area contributed by atoms with Crippen molar-refractivity contribution in [2.24, 2.45) is 0 Å². The van der Waals surface area contributed by atoms with E-state index in [0.29, 0.717) is 31.3 Å². The molecule has 122 valence electrons. The van der Waals surface area contributed by atoms with E-state index in [1.807, 2.05) is 6.07 Å². The number of fused-ring (bicyclic) bond motifs is 1. The van der Waals surface area contributed by atoms with E-state index in [1.165, 1.54) is 0 Å². The van der Waals surface area contributed by atoms with E-state index in [1.54, 1.807) is 24.1 Å². The Hall–Kier alpha value is -2.51. The molecule has 0 fully saturated rings. The standard InChI is InChI=1S/C15H14F3N3O2/c1-21(14-19-5-4-13(20-14)15(16,17)18)9-10-2-3-11-12(8-10)23-7-6-22-11/h2-5,8H,6-7,9H2,1H3. The Labute approximate surface area is 130 Å². The van der Waals surface area contributed by atoms with Gasteiger partial charge in [0.15, 0.2) is 11.5 Å². The van der Waals surface area contributed by atoms with Crippen LogP contribution in [0.3, 0.4) is 0 Å². The first-order valence-electron chi connectivity index (χ1n) is 6.93. The van der Waals surface area contributed by atoms with Gasteiger partial charge in [0.05, 0.1) is 0 Å². The lowest BCUT2D eigenvalue weighted by molar-refractivity contribution is -0.141. The number of nitrogens with zero attached hydrogens (tertiary/aromatic N) is 3. The topological polar surface area (TPSA) is 47.5 Å². The van der Waals surface area contributed by atoms with Crippen molar-refractivity contribution in [3.63, 3.8) is 0 Å². The quantitative estimate of drug-likeness (QED) is 0.868. The monoisotopic (exact) mass is 325 g/mol. The van der Waals surface area contributed by atoms with Crippen molar-refractivity contribution in [1.82, 2.24) is 9.97 Å². The molecule has 0 spiro atoms. The molecule has 0 radical (unpaired) electrons. The largest absolute Gasteiger partial charge is 0.486 e. The fraction of sp³-hybridized carbons (Fsp3) is 0.333. The summed E-state index contributed by atoms with van der Waals surface area (Å²) in [6.45, 7) is 1.32. The Kier molecular flexibility index (Phi) is 3.97. The molecule has 2 heterocycles. The Morgan fingerprint density at radius 3 is 2.61 bits per heavy atom. The minimum atomic E-state index is -4.49. The van der Waals surface area contributed by atoms with Crippen LogP contribution in [-0.2, 0) is 12.7 Å². The number of benzene rings is 1. The molecule has 23 heavy (non-hydrogen) atoms. The maximum absolute atomic E-state index is 12.7. The summed E-state index contributed by atoms with van der Waals surface area (Å²) in [4.78, 5) is 9.00. The third-order valence-electron chi connectivity index (χ3n) is 3.30. The van der Waals surface area contributed by atoms with Crippen LogP contribution in [0.4, 0.5) is 19.1 Å². The zero-order valence-electron chi connectivity index (χ0n) is 12.3. The molecule has 2 aromatic rings. The first kappa shape index (κ1) is 15.4. The number of hydrogen-bond acceptors (Lipinski definition) is 5. The van der Waals surface area contributed by atoms with Crippen LogP contribution in [0.15, 0.2) is 30.5 Å². The van der Waals surface area contributed by atoms with E-state index in [0.717, 1.165) is 17.8 Å². The van der Waals surface area contributed by atoms with E-state index in [-0.39, 0.29) is 5.95 Å². The molecule has 0 saturated carbocycles. The highest BCUT2D eigenvalue weighted by Gasteiger charge is 2.33. The van der Waals surface area contributed by atoms with Gasteiger partial charge in [-0.2, -0.15) is 13.2 Å². The van der Waals surface area contributed by atoms with E-state index < -0.39 is 11.9 Å². The van der Waals surface area contributed by atoms with Crippen LogP contribution in [0.2, 0.25) is 0 Å². The van der Waals surface area contributed by atoms with Crippen molar-refractivity contribution in [2.45, 2.75) is 12.7 Å². The molecule has 1 aromatic carbocycles. The van der Waals surface area contributed by atoms with Crippen LogP contribution in [0.25, 0.3) is 0 Å². The van der Waals surface area contributed by atoms with E-state index in [4.69, 9.17) is 9.47 Å². The molecule has 1 aliphatic rings. The van der Waals surface area contributed by atoms with Crippen LogP contribution in [-0.4, -0.2) is 30.2 Å².